The zero-order valence-corrected chi connectivity index (χ0v) is 12.9. The maximum atomic E-state index is 12.7. The third kappa shape index (κ3) is 6.01. The highest BCUT2D eigenvalue weighted by Crippen LogP contribution is 2.22. The summed E-state index contributed by atoms with van der Waals surface area (Å²) in [6.45, 7) is 0. The van der Waals surface area contributed by atoms with Gasteiger partial charge in [-0.2, -0.15) is 4.39 Å². The Hall–Kier alpha value is -3.00. The molecule has 0 aromatic heterocycles. The van der Waals surface area contributed by atoms with Gasteiger partial charge in [0.2, 0.25) is 5.82 Å². The summed E-state index contributed by atoms with van der Waals surface area (Å²) in [4.78, 5) is 19.8. The van der Waals surface area contributed by atoms with Crippen molar-refractivity contribution in [3.8, 4) is 5.75 Å². The summed E-state index contributed by atoms with van der Waals surface area (Å²) in [5.41, 5.74) is 5.73. The van der Waals surface area contributed by atoms with Gasteiger partial charge in [-0.1, -0.05) is 30.3 Å². The number of hydrogen-bond donors (Lipinski definition) is 2. The molecule has 0 heterocycles. The van der Waals surface area contributed by atoms with E-state index in [2.05, 4.69) is 4.74 Å². The summed E-state index contributed by atoms with van der Waals surface area (Å²) >= 11 is 0. The normalized spacial score (nSPS) is 11.0. The smallest absolute Gasteiger partial charge is 0.320 e. The number of rotatable bonds is 5. The number of aliphatic carboxylic acids is 1. The lowest BCUT2D eigenvalue weighted by Gasteiger charge is -2.04. The van der Waals surface area contributed by atoms with Gasteiger partial charge in [0.25, 0.3) is 0 Å². The second-order valence-electron chi connectivity index (χ2n) is 4.71. The molecule has 0 bridgehead atoms. The summed E-state index contributed by atoms with van der Waals surface area (Å²) in [7, 11) is 1.36. The number of nitrogens with two attached hydrogens (primary N) is 1. The van der Waals surface area contributed by atoms with Crippen LogP contribution < -0.4 is 10.5 Å². The van der Waals surface area contributed by atoms with Crippen molar-refractivity contribution < 1.29 is 24.0 Å². The van der Waals surface area contributed by atoms with Crippen LogP contribution in [0, 0.1) is 15.9 Å². The first-order valence-electron chi connectivity index (χ1n) is 6.85. The van der Waals surface area contributed by atoms with Crippen molar-refractivity contribution in [3.63, 3.8) is 0 Å². The number of carbonyl (C=O) groups is 1. The lowest BCUT2D eigenvalue weighted by atomic mass is 10.1. The molecule has 1 atom stereocenters. The third-order valence-electron chi connectivity index (χ3n) is 2.97. The van der Waals surface area contributed by atoms with Gasteiger partial charge in [-0.15, -0.1) is 0 Å². The molecule has 8 heteroatoms. The molecule has 24 heavy (non-hydrogen) atoms. The third-order valence-corrected chi connectivity index (χ3v) is 2.97. The number of hydrogen-bond acceptors (Lipinski definition) is 5. The molecule has 2 aromatic rings. The van der Waals surface area contributed by atoms with Gasteiger partial charge >= 0.3 is 11.7 Å². The van der Waals surface area contributed by atoms with Crippen LogP contribution in [0.15, 0.2) is 48.5 Å². The Balaban J connectivity index is 0.000000240. The zero-order chi connectivity index (χ0) is 18.1. The Kier molecular flexibility index (Phi) is 7.31. The molecule has 1 unspecified atom stereocenters. The maximum Gasteiger partial charge on any atom is 0.320 e. The molecule has 0 aliphatic carbocycles. The van der Waals surface area contributed by atoms with Gasteiger partial charge < -0.3 is 15.6 Å². The summed E-state index contributed by atoms with van der Waals surface area (Å²) in [6.07, 6.45) is 0.385. The molecule has 2 aromatic carbocycles. The van der Waals surface area contributed by atoms with Crippen LogP contribution in [0.25, 0.3) is 0 Å². The van der Waals surface area contributed by atoms with E-state index in [9.17, 15) is 19.3 Å². The summed E-state index contributed by atoms with van der Waals surface area (Å²) in [5.74, 6) is -1.55. The number of nitrogens with zero attached hydrogens (tertiary/aromatic N) is 1. The van der Waals surface area contributed by atoms with Crippen molar-refractivity contribution in [2.45, 2.75) is 12.5 Å². The number of carboxylic acid groups (broad SMARTS) is 1. The Labute approximate surface area is 137 Å². The number of nitro benzene ring substituents is 1. The molecular weight excluding hydrogens is 319 g/mol. The fraction of sp³-hybridized carbons (Fsp3) is 0.188. The standard InChI is InChI=1S/C9H11NO2.C7H6FNO3/c10-8(9(11)12)6-7-4-2-1-3-5-7;1-12-5-2-3-6(8)7(4-5)9(10)11/h1-5,8H,6,10H2,(H,11,12);2-4H,1H3. The SMILES string of the molecule is COc1ccc(F)c([N+](=O)[O-])c1.NC(Cc1ccccc1)C(=O)O. The molecule has 2 rings (SSSR count). The second kappa shape index (κ2) is 9.21. The van der Waals surface area contributed by atoms with Gasteiger partial charge in [-0.05, 0) is 24.1 Å². The summed E-state index contributed by atoms with van der Waals surface area (Å²) < 4.78 is 17.3. The van der Waals surface area contributed by atoms with Crippen LogP contribution in [0.1, 0.15) is 5.56 Å². The first-order chi connectivity index (χ1) is 11.3. The van der Waals surface area contributed by atoms with E-state index in [1.807, 2.05) is 30.3 Å². The van der Waals surface area contributed by atoms with E-state index in [0.717, 1.165) is 17.7 Å². The predicted octanol–water partition coefficient (Wildman–Crippen LogP) is 2.38. The molecule has 0 amide bonds. The van der Waals surface area contributed by atoms with Crippen LogP contribution in [0.5, 0.6) is 5.75 Å². The van der Waals surface area contributed by atoms with Crippen LogP contribution in [-0.4, -0.2) is 29.2 Å². The predicted molar refractivity (Wildman–Crippen MR) is 85.4 cm³/mol. The highest BCUT2D eigenvalue weighted by Gasteiger charge is 2.14. The minimum absolute atomic E-state index is 0.267. The second-order valence-corrected chi connectivity index (χ2v) is 4.71. The fourth-order valence-electron chi connectivity index (χ4n) is 1.71. The summed E-state index contributed by atoms with van der Waals surface area (Å²) in [6, 6.07) is 11.9. The number of ether oxygens (including phenoxy) is 1. The lowest BCUT2D eigenvalue weighted by molar-refractivity contribution is -0.387. The Morgan fingerprint density at radius 2 is 1.96 bits per heavy atom. The molecular formula is C16H17FN2O5. The van der Waals surface area contributed by atoms with Gasteiger partial charge in [0.1, 0.15) is 11.8 Å². The number of benzene rings is 2. The van der Waals surface area contributed by atoms with E-state index in [1.54, 1.807) is 0 Å². The first kappa shape index (κ1) is 19.0. The fourth-order valence-corrected chi connectivity index (χ4v) is 1.71. The van der Waals surface area contributed by atoms with Crippen molar-refractivity contribution >= 4 is 11.7 Å². The number of methoxy groups -OCH3 is 1. The van der Waals surface area contributed by atoms with E-state index < -0.39 is 28.4 Å². The van der Waals surface area contributed by atoms with Crippen LogP contribution in [0.2, 0.25) is 0 Å². The van der Waals surface area contributed by atoms with E-state index in [4.69, 9.17) is 10.8 Å². The lowest BCUT2D eigenvalue weighted by Crippen LogP contribution is -2.32. The van der Waals surface area contributed by atoms with Gasteiger partial charge in [-0.3, -0.25) is 14.9 Å². The number of carboxylic acids is 1. The first-order valence-corrected chi connectivity index (χ1v) is 6.85. The molecule has 0 aliphatic rings. The van der Waals surface area contributed by atoms with Gasteiger partial charge in [0, 0.05) is 0 Å². The average molecular weight is 336 g/mol. The van der Waals surface area contributed by atoms with Gasteiger partial charge in [0.05, 0.1) is 18.1 Å². The molecule has 0 aliphatic heterocycles. The molecule has 0 radical (unpaired) electrons. The molecule has 0 saturated heterocycles. The van der Waals surface area contributed by atoms with Crippen molar-refractivity contribution in [2.24, 2.45) is 5.73 Å². The van der Waals surface area contributed by atoms with E-state index in [-0.39, 0.29) is 5.75 Å². The number of nitro groups is 1. The Morgan fingerprint density at radius 3 is 2.46 bits per heavy atom. The van der Waals surface area contributed by atoms with Gasteiger partial charge in [0.15, 0.2) is 0 Å². The van der Waals surface area contributed by atoms with Crippen molar-refractivity contribution in [3.05, 3.63) is 70.0 Å². The average Bonchev–Trinajstić information content (AvgIpc) is 2.56. The van der Waals surface area contributed by atoms with Crippen molar-refractivity contribution in [1.82, 2.24) is 0 Å². The topological polar surface area (TPSA) is 116 Å². The number of halogens is 1. The van der Waals surface area contributed by atoms with Crippen LogP contribution in [-0.2, 0) is 11.2 Å². The minimum atomic E-state index is -0.959. The van der Waals surface area contributed by atoms with Crippen molar-refractivity contribution in [2.75, 3.05) is 7.11 Å². The van der Waals surface area contributed by atoms with Crippen LogP contribution >= 0.6 is 0 Å². The molecule has 0 fully saturated rings. The molecule has 0 saturated carbocycles. The highest BCUT2D eigenvalue weighted by atomic mass is 19.1. The van der Waals surface area contributed by atoms with E-state index in [1.165, 1.54) is 13.2 Å². The summed E-state index contributed by atoms with van der Waals surface area (Å²) in [5, 5.41) is 18.7. The maximum absolute atomic E-state index is 12.7. The van der Waals surface area contributed by atoms with Crippen molar-refractivity contribution in [1.29, 1.82) is 0 Å². The quantitative estimate of drug-likeness (QED) is 0.640. The molecule has 3 N–H and O–H groups in total. The monoisotopic (exact) mass is 336 g/mol. The Bertz CT molecular complexity index is 694. The molecule has 128 valence electrons. The largest absolute Gasteiger partial charge is 0.496 e. The van der Waals surface area contributed by atoms with E-state index in [0.29, 0.717) is 6.42 Å². The molecule has 7 nitrogen and oxygen atoms in total. The van der Waals surface area contributed by atoms with E-state index >= 15 is 0 Å². The Morgan fingerprint density at radius 1 is 1.33 bits per heavy atom. The van der Waals surface area contributed by atoms with Gasteiger partial charge in [-0.25, -0.2) is 0 Å². The molecule has 0 spiro atoms. The van der Waals surface area contributed by atoms with Crippen LogP contribution in [0.4, 0.5) is 10.1 Å². The highest BCUT2D eigenvalue weighted by molar-refractivity contribution is 5.73. The van der Waals surface area contributed by atoms with Crippen LogP contribution in [0.3, 0.4) is 0 Å². The minimum Gasteiger partial charge on any atom is -0.496 e. The zero-order valence-electron chi connectivity index (χ0n) is 12.9.